The maximum atomic E-state index is 6.66. The van der Waals surface area contributed by atoms with Crippen molar-refractivity contribution in [3.63, 3.8) is 0 Å². The van der Waals surface area contributed by atoms with Crippen LogP contribution in [0.15, 0.2) is 138 Å². The van der Waals surface area contributed by atoms with Gasteiger partial charge in [0.25, 0.3) is 0 Å². The molecule has 10 aromatic rings. The number of rotatable bonds is 1. The van der Waals surface area contributed by atoms with Crippen LogP contribution in [0.2, 0.25) is 0 Å². The summed E-state index contributed by atoms with van der Waals surface area (Å²) in [6.07, 6.45) is 0. The fraction of sp³-hybridized carbons (Fsp3) is 0.238. The number of hydrogen-bond acceptors (Lipinski definition) is 2. The van der Waals surface area contributed by atoms with Crippen molar-refractivity contribution in [1.82, 2.24) is 4.57 Å². The lowest BCUT2D eigenvalue weighted by atomic mass is 9.43. The Balaban J connectivity index is 1.15. The maximum absolute atomic E-state index is 6.66. The molecule has 4 aliphatic rings. The smallest absolute Gasteiger partial charge is 0.333 e. The molecule has 2 aliphatic carbocycles. The van der Waals surface area contributed by atoms with Crippen LogP contribution in [0.4, 0.5) is 11.4 Å². The molecule has 0 radical (unpaired) electrons. The molecule has 4 heterocycles. The van der Waals surface area contributed by atoms with E-state index >= 15 is 0 Å². The van der Waals surface area contributed by atoms with Gasteiger partial charge in [0.05, 0.1) is 11.0 Å². The second kappa shape index (κ2) is 12.4. The zero-order valence-electron chi connectivity index (χ0n) is 40.6. The minimum absolute atomic E-state index is 0.0285. The van der Waals surface area contributed by atoms with Gasteiger partial charge >= 0.3 is 6.85 Å². The first-order chi connectivity index (χ1) is 31.9. The van der Waals surface area contributed by atoms with E-state index < -0.39 is 0 Å². The number of furan rings is 1. The van der Waals surface area contributed by atoms with Gasteiger partial charge in [-0.15, -0.1) is 0 Å². The summed E-state index contributed by atoms with van der Waals surface area (Å²) in [5.74, 6) is 0. The highest BCUT2D eigenvalue weighted by Crippen LogP contribution is 2.56. The van der Waals surface area contributed by atoms with E-state index in [0.29, 0.717) is 0 Å². The summed E-state index contributed by atoms with van der Waals surface area (Å²) in [7, 11) is 0. The summed E-state index contributed by atoms with van der Waals surface area (Å²) < 4.78 is 9.32. The first kappa shape index (κ1) is 39.4. The van der Waals surface area contributed by atoms with Crippen LogP contribution in [0, 0.1) is 6.92 Å². The van der Waals surface area contributed by atoms with Crippen molar-refractivity contribution in [3.05, 3.63) is 172 Å². The Labute approximate surface area is 394 Å². The van der Waals surface area contributed by atoms with E-state index in [9.17, 15) is 0 Å². The molecule has 67 heavy (non-hydrogen) atoms. The molecule has 0 saturated heterocycles. The molecule has 0 bridgehead atoms. The van der Waals surface area contributed by atoms with Crippen molar-refractivity contribution in [2.24, 2.45) is 0 Å². The van der Waals surface area contributed by atoms with Crippen molar-refractivity contribution in [2.75, 3.05) is 4.81 Å². The molecule has 0 fully saturated rings. The predicted molar refractivity (Wildman–Crippen MR) is 284 cm³/mol. The topological polar surface area (TPSA) is 21.3 Å². The number of para-hydroxylation sites is 1. The van der Waals surface area contributed by atoms with Gasteiger partial charge in [0.2, 0.25) is 0 Å². The number of benzene rings is 8. The van der Waals surface area contributed by atoms with Gasteiger partial charge in [0.15, 0.2) is 0 Å². The van der Waals surface area contributed by atoms with Crippen molar-refractivity contribution < 1.29 is 4.42 Å². The zero-order valence-corrected chi connectivity index (χ0v) is 40.6. The standard InChI is InChI=1S/C63H55BN2O/c1-34-26-45-43-28-49-41(39-25-22-36(61(5,6)7)27-48(39)63(49,10)11)29-53(43)66(37-23-20-35(21-24-37)60(2,3)4)64-51-33-50-42(38-16-12-14-18-47(38)62(50,8)9)30-54(51)65-52-31-44-40-17-13-15-19-55(40)67-56(44)32-46(52)57(34)59(65)58(45)64/h12-33H,1-11H3. The predicted octanol–water partition coefficient (Wildman–Crippen LogP) is 15.4. The zero-order chi connectivity index (χ0) is 46.0. The number of aryl methyl sites for hydroxylation is 1. The lowest BCUT2D eigenvalue weighted by Crippen LogP contribution is -2.60. The molecular weight excluding hydrogens is 812 g/mol. The fourth-order valence-electron chi connectivity index (χ4n) is 13.2. The van der Waals surface area contributed by atoms with Gasteiger partial charge in [-0.25, -0.2) is 0 Å². The molecule has 2 aliphatic heterocycles. The van der Waals surface area contributed by atoms with E-state index in [1.807, 2.05) is 0 Å². The quantitative estimate of drug-likeness (QED) is 0.153. The van der Waals surface area contributed by atoms with E-state index in [4.69, 9.17) is 4.42 Å². The summed E-state index contributed by atoms with van der Waals surface area (Å²) in [4.78, 5) is 2.73. The Morgan fingerprint density at radius 2 is 1.13 bits per heavy atom. The number of aromatic nitrogens is 1. The second-order valence-electron chi connectivity index (χ2n) is 23.4. The molecule has 3 nitrogen and oxygen atoms in total. The Bertz CT molecular complexity index is 3900. The monoisotopic (exact) mass is 866 g/mol. The van der Waals surface area contributed by atoms with Crippen LogP contribution in [0.5, 0.6) is 0 Å². The summed E-state index contributed by atoms with van der Waals surface area (Å²) in [6, 6.07) is 52.1. The Morgan fingerprint density at radius 3 is 1.90 bits per heavy atom. The van der Waals surface area contributed by atoms with Gasteiger partial charge in [-0.3, -0.25) is 0 Å². The highest BCUT2D eigenvalue weighted by atomic mass is 16.3. The van der Waals surface area contributed by atoms with Crippen molar-refractivity contribution in [2.45, 2.75) is 97.8 Å². The summed E-state index contributed by atoms with van der Waals surface area (Å²) >= 11 is 0. The van der Waals surface area contributed by atoms with Crippen LogP contribution >= 0.6 is 0 Å². The van der Waals surface area contributed by atoms with Crippen LogP contribution < -0.4 is 15.7 Å². The van der Waals surface area contributed by atoms with Crippen molar-refractivity contribution in [1.29, 1.82) is 0 Å². The van der Waals surface area contributed by atoms with Crippen LogP contribution in [-0.2, 0) is 21.7 Å². The van der Waals surface area contributed by atoms with Crippen LogP contribution in [0.3, 0.4) is 0 Å². The Morgan fingerprint density at radius 1 is 0.493 bits per heavy atom. The van der Waals surface area contributed by atoms with Crippen LogP contribution in [-0.4, -0.2) is 11.4 Å². The van der Waals surface area contributed by atoms with E-state index in [-0.39, 0.29) is 28.5 Å². The highest BCUT2D eigenvalue weighted by Gasteiger charge is 2.48. The van der Waals surface area contributed by atoms with Crippen LogP contribution in [0.25, 0.3) is 82.8 Å². The van der Waals surface area contributed by atoms with E-state index in [1.54, 1.807) is 0 Å². The summed E-state index contributed by atoms with van der Waals surface area (Å²) in [5.41, 5.74) is 28.2. The molecular formula is C63H55BN2O. The number of nitrogens with zero attached hydrogens (tertiary/aromatic N) is 2. The van der Waals surface area contributed by atoms with Gasteiger partial charge in [-0.2, -0.15) is 0 Å². The Hall–Kier alpha value is -6.78. The number of fused-ring (bicyclic) bond motifs is 17. The van der Waals surface area contributed by atoms with Gasteiger partial charge in [-0.05, 0) is 144 Å². The fourth-order valence-corrected chi connectivity index (χ4v) is 13.2. The minimum atomic E-state index is -0.174. The molecule has 0 amide bonds. The van der Waals surface area contributed by atoms with Gasteiger partial charge in [-0.1, -0.05) is 154 Å². The molecule has 0 unspecified atom stereocenters. The Kier molecular flexibility index (Phi) is 7.29. The molecule has 0 saturated carbocycles. The number of hydrogen-bond donors (Lipinski definition) is 0. The molecule has 326 valence electrons. The summed E-state index contributed by atoms with van der Waals surface area (Å²) in [6.45, 7) is 25.9. The van der Waals surface area contributed by atoms with E-state index in [2.05, 4.69) is 219 Å². The van der Waals surface area contributed by atoms with Crippen molar-refractivity contribution >= 4 is 72.9 Å². The van der Waals surface area contributed by atoms with E-state index in [0.717, 1.165) is 21.9 Å². The molecule has 0 N–H and O–H groups in total. The van der Waals surface area contributed by atoms with Crippen LogP contribution in [0.1, 0.15) is 108 Å². The third kappa shape index (κ3) is 4.94. The van der Waals surface area contributed by atoms with Gasteiger partial charge < -0.3 is 13.8 Å². The normalized spacial score (nSPS) is 15.9. The van der Waals surface area contributed by atoms with Gasteiger partial charge in [0, 0.05) is 55.0 Å². The first-order valence-electron chi connectivity index (χ1n) is 24.4. The summed E-state index contributed by atoms with van der Waals surface area (Å²) in [5, 5.41) is 4.85. The SMILES string of the molecule is Cc1cc2c3c4c1c1cc5oc6ccccc6c5cc1n4-c1cc4c(cc1B3N(c1ccc(C(C)(C)C)cc1)c1cc3c(cc1-2)C(C)(C)c1cc(C(C)(C)C)ccc1-3)C(C)(C)c1ccccc1-4. The lowest BCUT2D eigenvalue weighted by molar-refractivity contribution is 0.584. The molecule has 14 rings (SSSR count). The average Bonchev–Trinajstić information content (AvgIpc) is 3.97. The largest absolute Gasteiger partial charge is 0.456 e. The third-order valence-electron chi connectivity index (χ3n) is 16.8. The minimum Gasteiger partial charge on any atom is -0.456 e. The maximum Gasteiger partial charge on any atom is 0.333 e. The molecule has 0 atom stereocenters. The average molecular weight is 867 g/mol. The molecule has 4 heteroatoms. The van der Waals surface area contributed by atoms with Gasteiger partial charge in [0.1, 0.15) is 11.2 Å². The lowest BCUT2D eigenvalue weighted by Gasteiger charge is -2.43. The first-order valence-corrected chi connectivity index (χ1v) is 24.4. The van der Waals surface area contributed by atoms with Crippen molar-refractivity contribution in [3.8, 4) is 39.1 Å². The third-order valence-corrected chi connectivity index (χ3v) is 16.8. The van der Waals surface area contributed by atoms with E-state index in [1.165, 1.54) is 122 Å². The molecule has 0 spiro atoms. The molecule has 2 aromatic heterocycles. The molecule has 8 aromatic carbocycles. The number of anilines is 2. The highest BCUT2D eigenvalue weighted by molar-refractivity contribution is 6.93. The second-order valence-corrected chi connectivity index (χ2v) is 23.4.